The van der Waals surface area contributed by atoms with Gasteiger partial charge in [0.15, 0.2) is 5.96 Å². The van der Waals surface area contributed by atoms with Crippen molar-refractivity contribution in [2.45, 2.75) is 26.8 Å². The smallest absolute Gasteiger partial charge is 0.188 e. The van der Waals surface area contributed by atoms with Crippen molar-refractivity contribution in [2.75, 3.05) is 24.5 Å². The molecule has 1 aliphatic heterocycles. The van der Waals surface area contributed by atoms with Crippen molar-refractivity contribution in [3.63, 3.8) is 0 Å². The van der Waals surface area contributed by atoms with Crippen LogP contribution in [0.1, 0.15) is 25.8 Å². The second-order valence-corrected chi connectivity index (χ2v) is 5.85. The minimum atomic E-state index is 0. The molecule has 0 fully saturated rings. The van der Waals surface area contributed by atoms with Crippen LogP contribution in [0.5, 0.6) is 0 Å². The monoisotopic (exact) mass is 414 g/mol. The molecule has 5 heteroatoms. The third-order valence-corrected chi connectivity index (χ3v) is 3.58. The van der Waals surface area contributed by atoms with Gasteiger partial charge in [-0.2, -0.15) is 0 Å². The minimum Gasteiger partial charge on any atom is -0.370 e. The maximum atomic E-state index is 5.86. The number of hydrogen-bond acceptors (Lipinski definition) is 2. The van der Waals surface area contributed by atoms with Gasteiger partial charge in [-0.05, 0) is 30.0 Å². The van der Waals surface area contributed by atoms with Gasteiger partial charge in [-0.25, -0.2) is 4.99 Å². The van der Waals surface area contributed by atoms with Crippen LogP contribution in [0.4, 0.5) is 5.69 Å². The molecule has 122 valence electrons. The van der Waals surface area contributed by atoms with Crippen molar-refractivity contribution < 1.29 is 0 Å². The van der Waals surface area contributed by atoms with Gasteiger partial charge in [0.25, 0.3) is 0 Å². The van der Waals surface area contributed by atoms with Gasteiger partial charge < -0.3 is 16.0 Å². The molecular weight excluding hydrogens is 387 g/mol. The zero-order valence-electron chi connectivity index (χ0n) is 13.5. The lowest BCUT2D eigenvalue weighted by Crippen LogP contribution is -2.32. The minimum absolute atomic E-state index is 0. The van der Waals surface area contributed by atoms with E-state index < -0.39 is 0 Å². The summed E-state index contributed by atoms with van der Waals surface area (Å²) in [5.74, 6) is 1.21. The molecule has 1 aromatic carbocycles. The van der Waals surface area contributed by atoms with Crippen molar-refractivity contribution in [3.8, 4) is 0 Å². The highest BCUT2D eigenvalue weighted by Gasteiger charge is 2.06. The molecule has 0 amide bonds. The van der Waals surface area contributed by atoms with E-state index >= 15 is 0 Å². The van der Waals surface area contributed by atoms with Gasteiger partial charge in [-0.15, -0.1) is 24.0 Å². The van der Waals surface area contributed by atoms with Gasteiger partial charge in [0.1, 0.15) is 0 Å². The molecule has 4 nitrogen and oxygen atoms in total. The third kappa shape index (κ3) is 6.25. The SMILES string of the molecule is CC(C)CCNC(N)=NCc1ccc(N2CC=CC2)cc1.I. The first-order chi connectivity index (χ1) is 10.1. The van der Waals surface area contributed by atoms with E-state index in [1.165, 1.54) is 11.3 Å². The number of nitrogens with two attached hydrogens (primary N) is 1. The summed E-state index contributed by atoms with van der Waals surface area (Å²) >= 11 is 0. The van der Waals surface area contributed by atoms with E-state index in [-0.39, 0.29) is 24.0 Å². The number of nitrogens with zero attached hydrogens (tertiary/aromatic N) is 2. The summed E-state index contributed by atoms with van der Waals surface area (Å²) in [5, 5.41) is 3.15. The van der Waals surface area contributed by atoms with Crippen LogP contribution in [-0.4, -0.2) is 25.6 Å². The second-order valence-electron chi connectivity index (χ2n) is 5.85. The van der Waals surface area contributed by atoms with Gasteiger partial charge >= 0.3 is 0 Å². The van der Waals surface area contributed by atoms with Crippen molar-refractivity contribution in [3.05, 3.63) is 42.0 Å². The standard InChI is InChI=1S/C17H26N4.HI/c1-14(2)9-10-19-17(18)20-13-15-5-7-16(8-6-15)21-11-3-4-12-21;/h3-8,14H,9-13H2,1-2H3,(H3,18,19,20);1H. The topological polar surface area (TPSA) is 53.6 Å². The fourth-order valence-corrected chi connectivity index (χ4v) is 2.22. The van der Waals surface area contributed by atoms with E-state index in [0.29, 0.717) is 18.4 Å². The zero-order chi connectivity index (χ0) is 15.1. The Bertz CT molecular complexity index is 486. The Morgan fingerprint density at radius 1 is 1.23 bits per heavy atom. The largest absolute Gasteiger partial charge is 0.370 e. The normalized spacial score (nSPS) is 14.3. The summed E-state index contributed by atoms with van der Waals surface area (Å²) in [7, 11) is 0. The molecule has 1 aromatic rings. The number of aliphatic imine (C=N–C) groups is 1. The molecule has 0 aliphatic carbocycles. The fraction of sp³-hybridized carbons (Fsp3) is 0.471. The predicted molar refractivity (Wildman–Crippen MR) is 106 cm³/mol. The van der Waals surface area contributed by atoms with Gasteiger partial charge in [0, 0.05) is 25.3 Å². The summed E-state index contributed by atoms with van der Waals surface area (Å²) in [6.07, 6.45) is 5.50. The lowest BCUT2D eigenvalue weighted by molar-refractivity contribution is 0.576. The average molecular weight is 414 g/mol. The Balaban J connectivity index is 0.00000242. The molecule has 0 atom stereocenters. The van der Waals surface area contributed by atoms with E-state index in [1.54, 1.807) is 0 Å². The van der Waals surface area contributed by atoms with Gasteiger partial charge in [0.05, 0.1) is 6.54 Å². The number of rotatable bonds is 6. The van der Waals surface area contributed by atoms with E-state index in [9.17, 15) is 0 Å². The molecule has 0 aromatic heterocycles. The highest BCUT2D eigenvalue weighted by molar-refractivity contribution is 14.0. The molecule has 2 rings (SSSR count). The van der Waals surface area contributed by atoms with Crippen LogP contribution in [0.3, 0.4) is 0 Å². The summed E-state index contributed by atoms with van der Waals surface area (Å²) in [6, 6.07) is 8.55. The number of nitrogens with one attached hydrogen (secondary N) is 1. The molecule has 0 radical (unpaired) electrons. The molecule has 3 N–H and O–H groups in total. The van der Waals surface area contributed by atoms with Gasteiger partial charge in [-0.3, -0.25) is 0 Å². The molecule has 0 unspecified atom stereocenters. The Hall–Kier alpha value is -1.24. The lowest BCUT2D eigenvalue weighted by atomic mass is 10.1. The van der Waals surface area contributed by atoms with E-state index in [1.807, 2.05) is 0 Å². The maximum absolute atomic E-state index is 5.86. The molecule has 1 heterocycles. The van der Waals surface area contributed by atoms with Crippen molar-refractivity contribution >= 4 is 35.6 Å². The van der Waals surface area contributed by atoms with Crippen LogP contribution in [0.15, 0.2) is 41.4 Å². The summed E-state index contributed by atoms with van der Waals surface area (Å²) in [4.78, 5) is 6.70. The second kappa shape index (κ2) is 9.71. The first-order valence-corrected chi connectivity index (χ1v) is 7.68. The summed E-state index contributed by atoms with van der Waals surface area (Å²) in [6.45, 7) is 7.92. The lowest BCUT2D eigenvalue weighted by Gasteiger charge is -2.17. The highest BCUT2D eigenvalue weighted by Crippen LogP contribution is 2.17. The number of hydrogen-bond donors (Lipinski definition) is 2. The molecular formula is C17H27IN4. The average Bonchev–Trinajstić information content (AvgIpc) is 2.99. The Morgan fingerprint density at radius 3 is 2.45 bits per heavy atom. The van der Waals surface area contributed by atoms with E-state index in [4.69, 9.17) is 5.73 Å². The summed E-state index contributed by atoms with van der Waals surface area (Å²) < 4.78 is 0. The quantitative estimate of drug-likeness (QED) is 0.326. The molecule has 0 saturated heterocycles. The molecule has 0 saturated carbocycles. The van der Waals surface area contributed by atoms with Crippen LogP contribution in [0, 0.1) is 5.92 Å². The van der Waals surface area contributed by atoms with E-state index in [0.717, 1.165) is 26.1 Å². The Labute approximate surface area is 150 Å². The number of benzene rings is 1. The van der Waals surface area contributed by atoms with E-state index in [2.05, 4.69) is 65.5 Å². The number of halogens is 1. The number of anilines is 1. The first-order valence-electron chi connectivity index (χ1n) is 7.68. The van der Waals surface area contributed by atoms with Crippen molar-refractivity contribution in [1.82, 2.24) is 5.32 Å². The predicted octanol–water partition coefficient (Wildman–Crippen LogP) is 3.13. The number of guanidine groups is 1. The van der Waals surface area contributed by atoms with Crippen LogP contribution in [0.2, 0.25) is 0 Å². The molecule has 1 aliphatic rings. The molecule has 22 heavy (non-hydrogen) atoms. The van der Waals surface area contributed by atoms with Crippen LogP contribution < -0.4 is 16.0 Å². The van der Waals surface area contributed by atoms with Crippen LogP contribution in [0.25, 0.3) is 0 Å². The molecule has 0 bridgehead atoms. The first kappa shape index (κ1) is 18.8. The summed E-state index contributed by atoms with van der Waals surface area (Å²) in [5.41, 5.74) is 8.30. The van der Waals surface area contributed by atoms with Crippen LogP contribution in [-0.2, 0) is 6.54 Å². The Kier molecular flexibility index (Phi) is 8.30. The van der Waals surface area contributed by atoms with Crippen molar-refractivity contribution in [1.29, 1.82) is 0 Å². The highest BCUT2D eigenvalue weighted by atomic mass is 127. The van der Waals surface area contributed by atoms with Gasteiger partial charge in [-0.1, -0.05) is 38.1 Å². The third-order valence-electron chi connectivity index (χ3n) is 3.58. The maximum Gasteiger partial charge on any atom is 0.188 e. The Morgan fingerprint density at radius 2 is 1.86 bits per heavy atom. The zero-order valence-corrected chi connectivity index (χ0v) is 15.8. The fourth-order valence-electron chi connectivity index (χ4n) is 2.22. The van der Waals surface area contributed by atoms with Crippen LogP contribution >= 0.6 is 24.0 Å². The molecule has 0 spiro atoms. The van der Waals surface area contributed by atoms with Crippen molar-refractivity contribution in [2.24, 2.45) is 16.6 Å². The van der Waals surface area contributed by atoms with Gasteiger partial charge in [0.2, 0.25) is 0 Å².